The molecule has 2 N–H and O–H groups in total. The number of aromatic nitrogens is 5. The van der Waals surface area contributed by atoms with E-state index in [-0.39, 0.29) is 5.65 Å². The van der Waals surface area contributed by atoms with Gasteiger partial charge in [-0.25, -0.2) is 4.98 Å². The van der Waals surface area contributed by atoms with Crippen LogP contribution in [-0.4, -0.2) is 31.1 Å². The van der Waals surface area contributed by atoms with Crippen molar-refractivity contribution in [2.75, 3.05) is 6.54 Å². The summed E-state index contributed by atoms with van der Waals surface area (Å²) in [7, 11) is 0. The smallest absolute Gasteiger partial charge is 0.342 e. The third kappa shape index (κ3) is 3.13. The van der Waals surface area contributed by atoms with E-state index in [9.17, 15) is 13.2 Å². The minimum atomic E-state index is -4.53. The van der Waals surface area contributed by atoms with Crippen LogP contribution in [0.1, 0.15) is 17.2 Å². The minimum Gasteiger partial charge on any atom is -0.342 e. The summed E-state index contributed by atoms with van der Waals surface area (Å²) < 4.78 is 39.7. The lowest BCUT2D eigenvalue weighted by molar-refractivity contribution is -0.145. The van der Waals surface area contributed by atoms with E-state index in [2.05, 4.69) is 25.5 Å². The summed E-state index contributed by atoms with van der Waals surface area (Å²) in [4.78, 5) is 7.73. The number of imidazole rings is 1. The van der Waals surface area contributed by atoms with Gasteiger partial charge in [0.05, 0.1) is 11.0 Å². The number of hydrogen-bond donors (Lipinski definition) is 2. The van der Waals surface area contributed by atoms with Gasteiger partial charge in [0.2, 0.25) is 5.82 Å². The molecule has 3 heterocycles. The molecule has 134 valence electrons. The van der Waals surface area contributed by atoms with Crippen LogP contribution >= 0.6 is 0 Å². The third-order valence-electron chi connectivity index (χ3n) is 4.06. The van der Waals surface area contributed by atoms with Gasteiger partial charge in [0, 0.05) is 31.3 Å². The Kier molecular flexibility index (Phi) is 4.08. The second-order valence-electron chi connectivity index (χ2n) is 5.88. The molecular weight excluding hydrogens is 345 g/mol. The molecule has 4 rings (SSSR count). The number of benzene rings is 1. The van der Waals surface area contributed by atoms with Gasteiger partial charge >= 0.3 is 6.18 Å². The Bertz CT molecular complexity index is 1020. The predicted octanol–water partition coefficient (Wildman–Crippen LogP) is 2.96. The van der Waals surface area contributed by atoms with Gasteiger partial charge in [0.15, 0.2) is 5.65 Å². The largest absolute Gasteiger partial charge is 0.452 e. The van der Waals surface area contributed by atoms with Crippen molar-refractivity contribution < 1.29 is 13.2 Å². The first-order valence-corrected chi connectivity index (χ1v) is 8.06. The molecule has 6 nitrogen and oxygen atoms in total. The third-order valence-corrected chi connectivity index (χ3v) is 4.06. The molecular formula is C17H15F3N6. The average molecular weight is 360 g/mol. The van der Waals surface area contributed by atoms with E-state index >= 15 is 0 Å². The maximum Gasteiger partial charge on any atom is 0.452 e. The monoisotopic (exact) mass is 360 g/mol. The lowest BCUT2D eigenvalue weighted by Crippen LogP contribution is -2.18. The van der Waals surface area contributed by atoms with E-state index < -0.39 is 12.0 Å². The van der Waals surface area contributed by atoms with Gasteiger partial charge in [-0.05, 0) is 18.2 Å². The molecule has 0 bridgehead atoms. The fraction of sp³-hybridized carbons (Fsp3) is 0.235. The zero-order valence-electron chi connectivity index (χ0n) is 13.6. The summed E-state index contributed by atoms with van der Waals surface area (Å²) >= 11 is 0. The van der Waals surface area contributed by atoms with Crippen LogP contribution in [0.15, 0.2) is 42.6 Å². The highest BCUT2D eigenvalue weighted by atomic mass is 19.4. The average Bonchev–Trinajstić information content (AvgIpc) is 3.22. The molecule has 26 heavy (non-hydrogen) atoms. The molecule has 0 atom stereocenters. The SMILES string of the molecule is FC(F)(F)c1nnc2c(CNCCc3nc4ccccc4[nH]3)cccn12. The van der Waals surface area contributed by atoms with Gasteiger partial charge in [-0.15, -0.1) is 10.2 Å². The van der Waals surface area contributed by atoms with Gasteiger partial charge < -0.3 is 10.3 Å². The summed E-state index contributed by atoms with van der Waals surface area (Å²) in [6, 6.07) is 11.1. The molecule has 1 aromatic carbocycles. The maximum atomic E-state index is 12.9. The van der Waals surface area contributed by atoms with Gasteiger partial charge in [0.1, 0.15) is 5.82 Å². The van der Waals surface area contributed by atoms with Gasteiger partial charge in [-0.2, -0.15) is 13.2 Å². The number of H-pyrrole nitrogens is 1. The number of nitrogens with one attached hydrogen (secondary N) is 2. The molecule has 0 unspecified atom stereocenters. The topological polar surface area (TPSA) is 70.9 Å². The maximum absolute atomic E-state index is 12.9. The highest BCUT2D eigenvalue weighted by Gasteiger charge is 2.37. The van der Waals surface area contributed by atoms with Crippen LogP contribution in [0, 0.1) is 0 Å². The second-order valence-corrected chi connectivity index (χ2v) is 5.88. The van der Waals surface area contributed by atoms with Crippen LogP contribution in [0.4, 0.5) is 13.2 Å². The first-order chi connectivity index (χ1) is 12.5. The van der Waals surface area contributed by atoms with E-state index in [0.717, 1.165) is 21.3 Å². The van der Waals surface area contributed by atoms with Crippen LogP contribution in [0.5, 0.6) is 0 Å². The molecule has 0 amide bonds. The number of halogens is 3. The standard InChI is InChI=1S/C17H15F3N6/c18-17(19,20)16-25-24-15-11(4-3-9-26(15)16)10-21-8-7-14-22-12-5-1-2-6-13(12)23-14/h1-6,9,21H,7-8,10H2,(H,22,23). The highest BCUT2D eigenvalue weighted by molar-refractivity contribution is 5.74. The zero-order valence-corrected chi connectivity index (χ0v) is 13.6. The molecule has 3 aromatic heterocycles. The normalized spacial score (nSPS) is 12.3. The van der Waals surface area contributed by atoms with Crippen molar-refractivity contribution in [1.82, 2.24) is 29.9 Å². The van der Waals surface area contributed by atoms with Gasteiger partial charge in [-0.1, -0.05) is 18.2 Å². The molecule has 4 aromatic rings. The highest BCUT2D eigenvalue weighted by Crippen LogP contribution is 2.28. The summed E-state index contributed by atoms with van der Waals surface area (Å²) in [5, 5.41) is 10.2. The van der Waals surface area contributed by atoms with Crippen molar-refractivity contribution in [2.45, 2.75) is 19.1 Å². The molecule has 0 radical (unpaired) electrons. The van der Waals surface area contributed by atoms with Crippen LogP contribution < -0.4 is 5.32 Å². The lowest BCUT2D eigenvalue weighted by atomic mass is 10.2. The summed E-state index contributed by atoms with van der Waals surface area (Å²) in [6.07, 6.45) is -2.54. The lowest BCUT2D eigenvalue weighted by Gasteiger charge is -2.07. The molecule has 0 aliphatic carbocycles. The summed E-state index contributed by atoms with van der Waals surface area (Å²) in [5.74, 6) is -0.157. The van der Waals surface area contributed by atoms with E-state index in [4.69, 9.17) is 0 Å². The van der Waals surface area contributed by atoms with E-state index in [1.165, 1.54) is 6.20 Å². The van der Waals surface area contributed by atoms with Crippen LogP contribution in [0.25, 0.3) is 16.7 Å². The Morgan fingerprint density at radius 2 is 1.92 bits per heavy atom. The fourth-order valence-electron chi connectivity index (χ4n) is 2.86. The molecule has 0 saturated heterocycles. The van der Waals surface area contributed by atoms with Crippen molar-refractivity contribution >= 4 is 16.7 Å². The number of alkyl halides is 3. The Labute approximate surface area is 146 Å². The Morgan fingerprint density at radius 3 is 2.73 bits per heavy atom. The molecule has 0 saturated carbocycles. The van der Waals surface area contributed by atoms with Crippen molar-refractivity contribution in [1.29, 1.82) is 0 Å². The summed E-state index contributed by atoms with van der Waals surface area (Å²) in [6.45, 7) is 1.02. The Morgan fingerprint density at radius 1 is 1.08 bits per heavy atom. The quantitative estimate of drug-likeness (QED) is 0.537. The van der Waals surface area contributed by atoms with Crippen molar-refractivity contribution in [3.05, 3.63) is 59.8 Å². The number of aromatic amines is 1. The Balaban J connectivity index is 1.42. The molecule has 0 aliphatic rings. The predicted molar refractivity (Wildman–Crippen MR) is 89.5 cm³/mol. The molecule has 0 aliphatic heterocycles. The fourth-order valence-corrected chi connectivity index (χ4v) is 2.86. The minimum absolute atomic E-state index is 0.205. The number of para-hydroxylation sites is 2. The molecule has 0 fully saturated rings. The van der Waals surface area contributed by atoms with E-state index in [1.54, 1.807) is 12.1 Å². The number of nitrogens with zero attached hydrogens (tertiary/aromatic N) is 4. The zero-order chi connectivity index (χ0) is 18.1. The first kappa shape index (κ1) is 16.5. The van der Waals surface area contributed by atoms with Crippen molar-refractivity contribution in [3.63, 3.8) is 0 Å². The number of fused-ring (bicyclic) bond motifs is 2. The number of pyridine rings is 1. The number of hydrogen-bond acceptors (Lipinski definition) is 4. The van der Waals surface area contributed by atoms with Crippen LogP contribution in [0.2, 0.25) is 0 Å². The first-order valence-electron chi connectivity index (χ1n) is 8.06. The van der Waals surface area contributed by atoms with Crippen molar-refractivity contribution in [2.24, 2.45) is 0 Å². The number of rotatable bonds is 5. The van der Waals surface area contributed by atoms with Crippen LogP contribution in [-0.2, 0) is 19.1 Å². The van der Waals surface area contributed by atoms with Crippen molar-refractivity contribution in [3.8, 4) is 0 Å². The van der Waals surface area contributed by atoms with Crippen LogP contribution in [0.3, 0.4) is 0 Å². The second kappa shape index (κ2) is 6.41. The molecule has 0 spiro atoms. The van der Waals surface area contributed by atoms with E-state index in [0.29, 0.717) is 25.1 Å². The van der Waals surface area contributed by atoms with E-state index in [1.807, 2.05) is 24.3 Å². The van der Waals surface area contributed by atoms with Gasteiger partial charge in [0.25, 0.3) is 0 Å². The molecule has 9 heteroatoms. The van der Waals surface area contributed by atoms with Gasteiger partial charge in [-0.3, -0.25) is 4.40 Å². The summed E-state index contributed by atoms with van der Waals surface area (Å²) in [5.41, 5.74) is 2.75. The Hall–Kier alpha value is -2.94.